The first-order valence-electron chi connectivity index (χ1n) is 12.4. The maximum Gasteiger partial charge on any atom is 0.305 e. The number of benzene rings is 2. The number of amides is 1. The highest BCUT2D eigenvalue weighted by molar-refractivity contribution is 6.00. The van der Waals surface area contributed by atoms with Crippen molar-refractivity contribution >= 4 is 34.9 Å². The van der Waals surface area contributed by atoms with Gasteiger partial charge in [-0.2, -0.15) is 0 Å². The van der Waals surface area contributed by atoms with Gasteiger partial charge in [0, 0.05) is 36.0 Å². The van der Waals surface area contributed by atoms with Crippen molar-refractivity contribution < 1.29 is 35.1 Å². The minimum atomic E-state index is -1.23. The molecule has 0 fully saturated rings. The number of aliphatic hydroxyl groups excluding tert-OH is 3. The van der Waals surface area contributed by atoms with E-state index in [1.807, 2.05) is 24.3 Å². The van der Waals surface area contributed by atoms with Gasteiger partial charge in [0.25, 0.3) is 0 Å². The van der Waals surface area contributed by atoms with Gasteiger partial charge >= 0.3 is 5.97 Å². The molecule has 2 heterocycles. The van der Waals surface area contributed by atoms with Crippen molar-refractivity contribution in [2.24, 2.45) is 21.5 Å². The molecule has 4 atom stereocenters. The number of aliphatic imine (C=N–C) groups is 2. The normalized spacial score (nSPS) is 19.0. The zero-order valence-electron chi connectivity index (χ0n) is 21.5. The fraction of sp³-hybridized carbons (Fsp3) is 0.360. The van der Waals surface area contributed by atoms with E-state index in [2.05, 4.69) is 31.3 Å². The fourth-order valence-electron chi connectivity index (χ4n) is 3.77. The lowest BCUT2D eigenvalue weighted by Crippen LogP contribution is -2.42. The van der Waals surface area contributed by atoms with E-state index in [1.54, 1.807) is 6.07 Å². The number of fused-ring (bicyclic) bond motifs is 1. The highest BCUT2D eigenvalue weighted by atomic mass is 16.4. The molecule has 0 aliphatic carbocycles. The SMILES string of the molecule is NC(O)C1=Nc2ccccc2C1N.O=C(O)CCNC(=O)CNC(O)c1cc(O)cc(NC2=NCC(O)CN2)c1. The van der Waals surface area contributed by atoms with Gasteiger partial charge < -0.3 is 53.0 Å². The van der Waals surface area contributed by atoms with Gasteiger partial charge in [-0.25, -0.2) is 0 Å². The fourth-order valence-corrected chi connectivity index (χ4v) is 3.77. The van der Waals surface area contributed by atoms with E-state index in [1.165, 1.54) is 12.1 Å². The third-order valence-electron chi connectivity index (χ3n) is 5.74. The van der Waals surface area contributed by atoms with Gasteiger partial charge in [0.05, 0.1) is 43.1 Å². The van der Waals surface area contributed by atoms with Gasteiger partial charge in [-0.1, -0.05) is 18.2 Å². The lowest BCUT2D eigenvalue weighted by Gasteiger charge is -2.21. The summed E-state index contributed by atoms with van der Waals surface area (Å²) >= 11 is 0. The number of anilines is 1. The largest absolute Gasteiger partial charge is 0.508 e. The first-order valence-corrected chi connectivity index (χ1v) is 12.4. The number of rotatable bonds is 9. The second-order valence-corrected chi connectivity index (χ2v) is 8.96. The molecule has 2 aliphatic rings. The van der Waals surface area contributed by atoms with Crippen LogP contribution in [0.15, 0.2) is 52.4 Å². The number of aliphatic carboxylic acids is 1. The van der Waals surface area contributed by atoms with Gasteiger partial charge in [0.15, 0.2) is 5.96 Å². The number of phenolic OH excluding ortho intramolecular Hbond substituents is 1. The number of aliphatic hydroxyl groups is 3. The molecule has 2 aromatic carbocycles. The van der Waals surface area contributed by atoms with Crippen LogP contribution in [0.5, 0.6) is 5.75 Å². The molecule has 0 saturated heterocycles. The third-order valence-corrected chi connectivity index (χ3v) is 5.74. The van der Waals surface area contributed by atoms with Gasteiger partial charge in [0.2, 0.25) is 5.91 Å². The summed E-state index contributed by atoms with van der Waals surface area (Å²) < 4.78 is 0. The Balaban J connectivity index is 0.000000281. The number of nitrogens with two attached hydrogens (primary N) is 2. The number of hydrogen-bond donors (Lipinski definition) is 11. The van der Waals surface area contributed by atoms with E-state index in [-0.39, 0.29) is 37.8 Å². The Labute approximate surface area is 229 Å². The molecular weight excluding hydrogens is 524 g/mol. The minimum absolute atomic E-state index is 0.00402. The predicted octanol–water partition coefficient (Wildman–Crippen LogP) is -1.65. The van der Waals surface area contributed by atoms with Crippen molar-refractivity contribution in [3.63, 3.8) is 0 Å². The Morgan fingerprint density at radius 1 is 1.18 bits per heavy atom. The molecular formula is C25H34N8O7. The molecule has 0 spiro atoms. The maximum absolute atomic E-state index is 11.6. The number of carbonyl (C=O) groups excluding carboxylic acids is 1. The molecule has 0 aromatic heterocycles. The Hall–Kier alpha value is -4.12. The number of hydrogen-bond acceptors (Lipinski definition) is 13. The van der Waals surface area contributed by atoms with Crippen LogP contribution in [0.2, 0.25) is 0 Å². The minimum Gasteiger partial charge on any atom is -0.508 e. The van der Waals surface area contributed by atoms with E-state index >= 15 is 0 Å². The monoisotopic (exact) mass is 558 g/mol. The van der Waals surface area contributed by atoms with E-state index in [0.717, 1.165) is 11.3 Å². The molecule has 1 amide bonds. The average Bonchev–Trinajstić information content (AvgIpc) is 3.25. The first kappa shape index (κ1) is 30.4. The van der Waals surface area contributed by atoms with Crippen LogP contribution in [0.1, 0.15) is 29.8 Å². The second kappa shape index (κ2) is 14.3. The summed E-state index contributed by atoms with van der Waals surface area (Å²) in [6.07, 6.45) is -3.04. The molecule has 0 radical (unpaired) electrons. The molecule has 40 heavy (non-hydrogen) atoms. The van der Waals surface area contributed by atoms with Crippen molar-refractivity contribution in [3.8, 4) is 5.75 Å². The number of guanidine groups is 1. The topological polar surface area (TPSA) is 260 Å². The first-order chi connectivity index (χ1) is 19.0. The number of para-hydroxylation sites is 1. The molecule has 4 unspecified atom stereocenters. The highest BCUT2D eigenvalue weighted by Gasteiger charge is 2.26. The van der Waals surface area contributed by atoms with Gasteiger partial charge in [0.1, 0.15) is 18.2 Å². The van der Waals surface area contributed by atoms with E-state index in [9.17, 15) is 24.9 Å². The Morgan fingerprint density at radius 3 is 2.58 bits per heavy atom. The third kappa shape index (κ3) is 8.98. The number of phenols is 1. The molecule has 216 valence electrons. The molecule has 2 aromatic rings. The number of carbonyl (C=O) groups is 2. The van der Waals surface area contributed by atoms with E-state index in [4.69, 9.17) is 21.7 Å². The summed E-state index contributed by atoms with van der Waals surface area (Å²) in [4.78, 5) is 30.2. The summed E-state index contributed by atoms with van der Waals surface area (Å²) in [6, 6.07) is 11.5. The molecule has 0 bridgehead atoms. The molecule has 15 nitrogen and oxygen atoms in total. The summed E-state index contributed by atoms with van der Waals surface area (Å²) in [5.74, 6) is -1.15. The number of carboxylic acid groups (broad SMARTS) is 1. The smallest absolute Gasteiger partial charge is 0.305 e. The van der Waals surface area contributed by atoms with Crippen molar-refractivity contribution in [1.82, 2.24) is 16.0 Å². The second-order valence-electron chi connectivity index (χ2n) is 8.96. The lowest BCUT2D eigenvalue weighted by molar-refractivity contribution is -0.136. The highest BCUT2D eigenvalue weighted by Crippen LogP contribution is 2.32. The predicted molar refractivity (Wildman–Crippen MR) is 147 cm³/mol. The van der Waals surface area contributed by atoms with Gasteiger partial charge in [-0.05, 0) is 18.2 Å². The molecule has 0 saturated carbocycles. The van der Waals surface area contributed by atoms with Gasteiger partial charge in [-0.15, -0.1) is 0 Å². The van der Waals surface area contributed by atoms with Crippen LogP contribution in [-0.4, -0.2) is 87.6 Å². The summed E-state index contributed by atoms with van der Waals surface area (Å²) in [5.41, 5.74) is 14.1. The van der Waals surface area contributed by atoms with Crippen LogP contribution in [0.4, 0.5) is 11.4 Å². The zero-order chi connectivity index (χ0) is 29.2. The quantitative estimate of drug-likeness (QED) is 0.155. The van der Waals surface area contributed by atoms with Crippen LogP contribution >= 0.6 is 0 Å². The number of aromatic hydroxyl groups is 1. The summed E-state index contributed by atoms with van der Waals surface area (Å²) in [7, 11) is 0. The van der Waals surface area contributed by atoms with Crippen molar-refractivity contribution in [1.29, 1.82) is 0 Å². The Bertz CT molecular complexity index is 1250. The number of β-amino-alcohol motifs (C(OH)–C–C–N with tert-alkyl or cyclic N) is 1. The van der Waals surface area contributed by atoms with Crippen LogP contribution in [0, 0.1) is 0 Å². The standard InChI is InChI=1S/C16H23N5O6.C9H11N3O/c22-11-4-9(15(27)18-8-13(24)17-2-1-14(25)26)3-10(5-11)21-16-19-6-12(23)7-20-16;10-7-5-3-1-2-4-6(5)12-8(7)9(11)13/h3-5,12,15,18,22-23,27H,1-2,6-8H2,(H,17,24)(H,25,26)(H2,19,20,21);1-4,7,9,13H,10-11H2. The average molecular weight is 559 g/mol. The lowest BCUT2D eigenvalue weighted by atomic mass is 10.0. The van der Waals surface area contributed by atoms with Gasteiger partial charge in [-0.3, -0.25) is 24.9 Å². The molecule has 2 aliphatic heterocycles. The Kier molecular flexibility index (Phi) is 10.9. The zero-order valence-corrected chi connectivity index (χ0v) is 21.5. The molecule has 15 heteroatoms. The van der Waals surface area contributed by atoms with E-state index in [0.29, 0.717) is 29.5 Å². The maximum atomic E-state index is 11.6. The Morgan fingerprint density at radius 2 is 1.93 bits per heavy atom. The number of carboxylic acids is 1. The molecule has 13 N–H and O–H groups in total. The summed E-state index contributed by atoms with van der Waals surface area (Å²) in [5, 5.41) is 57.9. The number of nitrogens with zero attached hydrogens (tertiary/aromatic N) is 2. The van der Waals surface area contributed by atoms with Crippen LogP contribution in [0.25, 0.3) is 0 Å². The van der Waals surface area contributed by atoms with Crippen LogP contribution in [-0.2, 0) is 9.59 Å². The van der Waals surface area contributed by atoms with Crippen LogP contribution in [0.3, 0.4) is 0 Å². The van der Waals surface area contributed by atoms with Crippen molar-refractivity contribution in [2.45, 2.75) is 31.0 Å². The van der Waals surface area contributed by atoms with Crippen molar-refractivity contribution in [3.05, 3.63) is 53.6 Å². The van der Waals surface area contributed by atoms with E-state index < -0.39 is 30.4 Å². The summed E-state index contributed by atoms with van der Waals surface area (Å²) in [6.45, 7) is 0.363. The van der Waals surface area contributed by atoms with Crippen LogP contribution < -0.4 is 32.7 Å². The molecule has 4 rings (SSSR count). The van der Waals surface area contributed by atoms with Crippen molar-refractivity contribution in [2.75, 3.05) is 31.5 Å². The number of nitrogens with one attached hydrogen (secondary N) is 4.